The van der Waals surface area contributed by atoms with Crippen molar-refractivity contribution in [2.75, 3.05) is 39.6 Å². The van der Waals surface area contributed by atoms with Gasteiger partial charge in [-0.05, 0) is 37.5 Å². The van der Waals surface area contributed by atoms with Gasteiger partial charge in [-0.2, -0.15) is 0 Å². The Balaban J connectivity index is 5.21. The van der Waals surface area contributed by atoms with E-state index in [2.05, 4.69) is 41.5 Å². The number of carbonyl (C=O) groups excluding carboxylic acids is 4. The molecule has 0 saturated carbocycles. The van der Waals surface area contributed by atoms with E-state index in [4.69, 9.17) is 37.0 Å². The Kier molecular flexibility index (Phi) is 63.7. The molecule has 0 amide bonds. The molecule has 546 valence electrons. The summed E-state index contributed by atoms with van der Waals surface area (Å²) in [6, 6.07) is 0. The molecule has 0 fully saturated rings. The lowest BCUT2D eigenvalue weighted by atomic mass is 10.0. The number of hydrogen-bond acceptors (Lipinski definition) is 15. The van der Waals surface area contributed by atoms with E-state index in [1.807, 2.05) is 0 Å². The van der Waals surface area contributed by atoms with Gasteiger partial charge in [-0.3, -0.25) is 37.3 Å². The Labute approximate surface area is 562 Å². The lowest BCUT2D eigenvalue weighted by Crippen LogP contribution is -2.30. The van der Waals surface area contributed by atoms with Crippen LogP contribution in [0, 0.1) is 11.8 Å². The molecule has 0 aromatic rings. The summed E-state index contributed by atoms with van der Waals surface area (Å²) in [5, 5.41) is 10.6. The predicted octanol–water partition coefficient (Wildman–Crippen LogP) is 21.2. The third-order valence-electron chi connectivity index (χ3n) is 17.0. The molecule has 0 aliphatic carbocycles. The second kappa shape index (κ2) is 65.0. The number of aliphatic hydroxyl groups is 1. The molecule has 0 bridgehead atoms. The van der Waals surface area contributed by atoms with Gasteiger partial charge in [0, 0.05) is 25.7 Å². The standard InChI is InChI=1S/C73H142O17P2/c1-7-9-11-13-15-17-19-20-21-22-23-24-25-26-28-30-39-45-51-57-72(77)89-68(62-84-71(76)56-50-44-38-33-31-35-41-47-53-65(3)4)63-87-91(79,80)85-59-67(74)60-86-92(81,82)88-64-69(90-73(78)58-52-46-40-34-32-36-42-48-54-66(5)6)61-83-70(75)55-49-43-37-29-27-18-16-14-12-10-8-2/h65-69,74H,7-64H2,1-6H3,(H,79,80)(H,81,82)/t67-,68-,69-/m1/s1. The summed E-state index contributed by atoms with van der Waals surface area (Å²) in [6.07, 6.45) is 51.5. The zero-order chi connectivity index (χ0) is 67.9. The van der Waals surface area contributed by atoms with Crippen LogP contribution in [0.2, 0.25) is 0 Å². The highest BCUT2D eigenvalue weighted by Crippen LogP contribution is 2.45. The van der Waals surface area contributed by atoms with E-state index in [1.54, 1.807) is 0 Å². The van der Waals surface area contributed by atoms with Gasteiger partial charge in [0.25, 0.3) is 0 Å². The highest BCUT2D eigenvalue weighted by Gasteiger charge is 2.30. The average Bonchev–Trinajstić information content (AvgIpc) is 1.56. The molecule has 17 nitrogen and oxygen atoms in total. The first-order valence-corrected chi connectivity index (χ1v) is 41.0. The third kappa shape index (κ3) is 66.7. The van der Waals surface area contributed by atoms with Crippen molar-refractivity contribution in [3.8, 4) is 0 Å². The summed E-state index contributed by atoms with van der Waals surface area (Å²) in [4.78, 5) is 72.6. The summed E-state index contributed by atoms with van der Waals surface area (Å²) < 4.78 is 68.4. The van der Waals surface area contributed by atoms with E-state index in [9.17, 15) is 43.2 Å². The van der Waals surface area contributed by atoms with Gasteiger partial charge in [0.2, 0.25) is 0 Å². The molecule has 3 N–H and O–H groups in total. The molecule has 0 aliphatic heterocycles. The Morgan fingerprint density at radius 3 is 0.739 bits per heavy atom. The van der Waals surface area contributed by atoms with Crippen molar-refractivity contribution in [2.24, 2.45) is 11.8 Å². The van der Waals surface area contributed by atoms with Crippen molar-refractivity contribution in [1.29, 1.82) is 0 Å². The van der Waals surface area contributed by atoms with Crippen LogP contribution < -0.4 is 0 Å². The molecule has 2 unspecified atom stereocenters. The number of hydrogen-bond donors (Lipinski definition) is 3. The minimum absolute atomic E-state index is 0.105. The number of esters is 4. The van der Waals surface area contributed by atoms with Crippen LogP contribution >= 0.6 is 15.6 Å². The molecule has 0 radical (unpaired) electrons. The highest BCUT2D eigenvalue weighted by molar-refractivity contribution is 7.47. The fourth-order valence-electron chi connectivity index (χ4n) is 11.1. The Morgan fingerprint density at radius 2 is 0.500 bits per heavy atom. The first kappa shape index (κ1) is 90.1. The first-order valence-electron chi connectivity index (χ1n) is 38.0. The molecule has 0 spiro atoms. The van der Waals surface area contributed by atoms with Gasteiger partial charge in [0.1, 0.15) is 19.3 Å². The van der Waals surface area contributed by atoms with Crippen molar-refractivity contribution in [3.05, 3.63) is 0 Å². The Hall–Kier alpha value is -1.94. The van der Waals surface area contributed by atoms with Crippen molar-refractivity contribution >= 4 is 39.5 Å². The molecule has 0 aromatic heterocycles. The maximum atomic E-state index is 13.0. The zero-order valence-corrected chi connectivity index (χ0v) is 61.6. The fourth-order valence-corrected chi connectivity index (χ4v) is 12.7. The third-order valence-corrected chi connectivity index (χ3v) is 18.9. The Morgan fingerprint density at radius 1 is 0.293 bits per heavy atom. The molecular formula is C73H142O17P2. The topological polar surface area (TPSA) is 237 Å². The molecule has 0 heterocycles. The van der Waals surface area contributed by atoms with Crippen molar-refractivity contribution < 1.29 is 80.2 Å². The van der Waals surface area contributed by atoms with E-state index in [1.165, 1.54) is 193 Å². The second-order valence-corrected chi connectivity index (χ2v) is 30.2. The van der Waals surface area contributed by atoms with Crippen LogP contribution in [-0.2, 0) is 65.4 Å². The Bertz CT molecular complexity index is 1790. The number of unbranched alkanes of at least 4 members (excludes halogenated alkanes) is 42. The largest absolute Gasteiger partial charge is 0.472 e. The predicted molar refractivity (Wildman–Crippen MR) is 372 cm³/mol. The van der Waals surface area contributed by atoms with Crippen LogP contribution in [0.3, 0.4) is 0 Å². The van der Waals surface area contributed by atoms with Crippen LogP contribution in [0.25, 0.3) is 0 Å². The van der Waals surface area contributed by atoms with Gasteiger partial charge < -0.3 is 33.8 Å². The first-order chi connectivity index (χ1) is 44.4. The molecule has 0 aromatic carbocycles. The van der Waals surface area contributed by atoms with Crippen molar-refractivity contribution in [2.45, 2.75) is 394 Å². The van der Waals surface area contributed by atoms with Crippen LogP contribution in [-0.4, -0.2) is 96.7 Å². The van der Waals surface area contributed by atoms with Crippen molar-refractivity contribution in [3.63, 3.8) is 0 Å². The SMILES string of the molecule is CCCCCCCCCCCCCCCCCCCCCC(=O)O[C@H](COC(=O)CCCCCCCCCCC(C)C)COP(=O)(O)OC[C@@H](O)COP(=O)(O)OC[C@@H](COC(=O)CCCCCCCCCCCCC)OC(=O)CCCCCCCCCCC(C)C. The number of carbonyl (C=O) groups is 4. The molecule has 0 aliphatic rings. The molecule has 0 saturated heterocycles. The molecule has 92 heavy (non-hydrogen) atoms. The van der Waals surface area contributed by atoms with E-state index < -0.39 is 97.5 Å². The maximum absolute atomic E-state index is 13.0. The van der Waals surface area contributed by atoms with Crippen LogP contribution in [0.4, 0.5) is 0 Å². The minimum Gasteiger partial charge on any atom is -0.462 e. The summed E-state index contributed by atoms with van der Waals surface area (Å²) in [5.41, 5.74) is 0. The van der Waals surface area contributed by atoms with Gasteiger partial charge in [0.05, 0.1) is 26.4 Å². The molecule has 19 heteroatoms. The van der Waals surface area contributed by atoms with Crippen LogP contribution in [0.1, 0.15) is 375 Å². The fraction of sp³-hybridized carbons (Fsp3) is 0.945. The van der Waals surface area contributed by atoms with Crippen molar-refractivity contribution in [1.82, 2.24) is 0 Å². The number of rotatable bonds is 72. The van der Waals surface area contributed by atoms with Gasteiger partial charge >= 0.3 is 39.5 Å². The molecule has 0 rings (SSSR count). The summed E-state index contributed by atoms with van der Waals surface area (Å²) in [7, 11) is -9.90. The quantitative estimate of drug-likeness (QED) is 0.0222. The van der Waals surface area contributed by atoms with E-state index >= 15 is 0 Å². The smallest absolute Gasteiger partial charge is 0.462 e. The maximum Gasteiger partial charge on any atom is 0.472 e. The number of phosphoric ester groups is 2. The van der Waals surface area contributed by atoms with Gasteiger partial charge in [-0.1, -0.05) is 324 Å². The van der Waals surface area contributed by atoms with E-state index in [-0.39, 0.29) is 25.7 Å². The van der Waals surface area contributed by atoms with Crippen LogP contribution in [0.15, 0.2) is 0 Å². The van der Waals surface area contributed by atoms with Crippen LogP contribution in [0.5, 0.6) is 0 Å². The monoisotopic (exact) mass is 1350 g/mol. The lowest BCUT2D eigenvalue weighted by Gasteiger charge is -2.21. The second-order valence-electron chi connectivity index (χ2n) is 27.3. The van der Waals surface area contributed by atoms with Gasteiger partial charge in [0.15, 0.2) is 12.2 Å². The van der Waals surface area contributed by atoms with Gasteiger partial charge in [-0.25, -0.2) is 9.13 Å². The number of phosphoric acid groups is 2. The average molecular weight is 1350 g/mol. The zero-order valence-electron chi connectivity index (χ0n) is 59.9. The summed E-state index contributed by atoms with van der Waals surface area (Å²) in [6.45, 7) is 9.49. The molecule has 5 atom stereocenters. The minimum atomic E-state index is -4.95. The summed E-state index contributed by atoms with van der Waals surface area (Å²) >= 11 is 0. The van der Waals surface area contributed by atoms with E-state index in [0.29, 0.717) is 25.7 Å². The summed E-state index contributed by atoms with van der Waals surface area (Å²) in [5.74, 6) is -0.678. The highest BCUT2D eigenvalue weighted by atomic mass is 31.2. The van der Waals surface area contributed by atoms with Gasteiger partial charge in [-0.15, -0.1) is 0 Å². The van der Waals surface area contributed by atoms with E-state index in [0.717, 1.165) is 102 Å². The molecular weight excluding hydrogens is 1210 g/mol. The normalized spacial score (nSPS) is 14.1. The number of aliphatic hydroxyl groups excluding tert-OH is 1. The lowest BCUT2D eigenvalue weighted by molar-refractivity contribution is -0.161. The number of ether oxygens (including phenoxy) is 4.